The first-order valence-corrected chi connectivity index (χ1v) is 6.62. The van der Waals surface area contributed by atoms with Gasteiger partial charge < -0.3 is 20.6 Å². The summed E-state index contributed by atoms with van der Waals surface area (Å²) in [6.07, 6.45) is 0.467. The number of carboxylic acids is 1. The third-order valence-corrected chi connectivity index (χ3v) is 3.26. The first-order valence-electron chi connectivity index (χ1n) is 6.62. The summed E-state index contributed by atoms with van der Waals surface area (Å²) < 4.78 is 0. The molecule has 0 aliphatic carbocycles. The Bertz CT molecular complexity index is 573. The molecular formula is C14H17N3O4. The van der Waals surface area contributed by atoms with E-state index in [1.807, 2.05) is 0 Å². The SMILES string of the molecule is CC(=O)Nc1cccc(NC(=O)N2CCC(C(=O)O)C2)c1. The van der Waals surface area contributed by atoms with Crippen molar-refractivity contribution in [3.63, 3.8) is 0 Å². The Kier molecular flexibility index (Phi) is 4.42. The molecule has 0 saturated carbocycles. The van der Waals surface area contributed by atoms with Crippen molar-refractivity contribution >= 4 is 29.3 Å². The maximum Gasteiger partial charge on any atom is 0.321 e. The highest BCUT2D eigenvalue weighted by atomic mass is 16.4. The number of hydrogen-bond acceptors (Lipinski definition) is 3. The second kappa shape index (κ2) is 6.25. The van der Waals surface area contributed by atoms with Gasteiger partial charge in [-0.1, -0.05) is 6.07 Å². The molecule has 1 aliphatic heterocycles. The molecule has 2 rings (SSSR count). The van der Waals surface area contributed by atoms with Gasteiger partial charge in [-0.2, -0.15) is 0 Å². The fourth-order valence-corrected chi connectivity index (χ4v) is 2.23. The minimum Gasteiger partial charge on any atom is -0.481 e. The summed E-state index contributed by atoms with van der Waals surface area (Å²) in [5.74, 6) is -1.57. The van der Waals surface area contributed by atoms with Gasteiger partial charge in [-0.05, 0) is 24.6 Å². The molecule has 1 saturated heterocycles. The van der Waals surface area contributed by atoms with E-state index in [-0.39, 0.29) is 18.5 Å². The van der Waals surface area contributed by atoms with Gasteiger partial charge in [0.05, 0.1) is 5.92 Å². The monoisotopic (exact) mass is 291 g/mol. The maximum absolute atomic E-state index is 12.1. The molecule has 21 heavy (non-hydrogen) atoms. The topological polar surface area (TPSA) is 98.7 Å². The van der Waals surface area contributed by atoms with Crippen molar-refractivity contribution in [2.75, 3.05) is 23.7 Å². The van der Waals surface area contributed by atoms with Crippen LogP contribution in [0.25, 0.3) is 0 Å². The zero-order valence-corrected chi connectivity index (χ0v) is 11.6. The number of carbonyl (C=O) groups is 3. The third-order valence-electron chi connectivity index (χ3n) is 3.26. The number of carbonyl (C=O) groups excluding carboxylic acids is 2. The molecule has 1 atom stereocenters. The molecule has 1 fully saturated rings. The predicted octanol–water partition coefficient (Wildman–Crippen LogP) is 1.58. The second-order valence-corrected chi connectivity index (χ2v) is 4.96. The average molecular weight is 291 g/mol. The number of benzene rings is 1. The summed E-state index contributed by atoms with van der Waals surface area (Å²) in [6, 6.07) is 6.44. The first-order chi connectivity index (χ1) is 9.95. The minimum atomic E-state index is -0.877. The fourth-order valence-electron chi connectivity index (χ4n) is 2.23. The summed E-state index contributed by atoms with van der Waals surface area (Å²) in [5, 5.41) is 14.3. The van der Waals surface area contributed by atoms with Gasteiger partial charge in [-0.25, -0.2) is 4.79 Å². The van der Waals surface area contributed by atoms with Crippen molar-refractivity contribution in [3.8, 4) is 0 Å². The number of nitrogens with one attached hydrogen (secondary N) is 2. The number of carboxylic acid groups (broad SMARTS) is 1. The zero-order valence-electron chi connectivity index (χ0n) is 11.6. The number of urea groups is 1. The van der Waals surface area contributed by atoms with Crippen LogP contribution in [0.1, 0.15) is 13.3 Å². The van der Waals surface area contributed by atoms with Gasteiger partial charge in [0.25, 0.3) is 0 Å². The average Bonchev–Trinajstić information content (AvgIpc) is 2.88. The molecule has 0 radical (unpaired) electrons. The highest BCUT2D eigenvalue weighted by Gasteiger charge is 2.30. The van der Waals surface area contributed by atoms with Crippen LogP contribution in [0.5, 0.6) is 0 Å². The van der Waals surface area contributed by atoms with Gasteiger partial charge in [-0.3, -0.25) is 9.59 Å². The van der Waals surface area contributed by atoms with Crippen LogP contribution in [0.15, 0.2) is 24.3 Å². The van der Waals surface area contributed by atoms with Crippen molar-refractivity contribution in [1.82, 2.24) is 4.90 Å². The number of amides is 3. The van der Waals surface area contributed by atoms with Crippen LogP contribution < -0.4 is 10.6 Å². The Balaban J connectivity index is 1.97. The van der Waals surface area contributed by atoms with Crippen molar-refractivity contribution in [2.45, 2.75) is 13.3 Å². The van der Waals surface area contributed by atoms with E-state index >= 15 is 0 Å². The van der Waals surface area contributed by atoms with E-state index in [4.69, 9.17) is 5.11 Å². The Morgan fingerprint density at radius 2 is 1.90 bits per heavy atom. The molecule has 1 aromatic rings. The van der Waals surface area contributed by atoms with Crippen LogP contribution in [0.2, 0.25) is 0 Å². The minimum absolute atomic E-state index is 0.192. The summed E-state index contributed by atoms with van der Waals surface area (Å²) in [6.45, 7) is 2.04. The van der Waals surface area contributed by atoms with Crippen molar-refractivity contribution in [1.29, 1.82) is 0 Å². The van der Waals surface area contributed by atoms with E-state index in [0.29, 0.717) is 24.3 Å². The molecule has 7 nitrogen and oxygen atoms in total. The molecule has 112 valence electrons. The Morgan fingerprint density at radius 3 is 2.48 bits per heavy atom. The van der Waals surface area contributed by atoms with Crippen molar-refractivity contribution in [3.05, 3.63) is 24.3 Å². The van der Waals surface area contributed by atoms with Crippen molar-refractivity contribution in [2.24, 2.45) is 5.92 Å². The van der Waals surface area contributed by atoms with E-state index in [0.717, 1.165) is 0 Å². The van der Waals surface area contributed by atoms with Crippen LogP contribution in [-0.4, -0.2) is 41.0 Å². The molecule has 0 aromatic heterocycles. The Hall–Kier alpha value is -2.57. The maximum atomic E-state index is 12.1. The second-order valence-electron chi connectivity index (χ2n) is 4.96. The summed E-state index contributed by atoms with van der Waals surface area (Å²) in [4.78, 5) is 35.4. The Morgan fingerprint density at radius 1 is 1.24 bits per heavy atom. The van der Waals surface area contributed by atoms with Crippen LogP contribution >= 0.6 is 0 Å². The third kappa shape index (κ3) is 3.95. The van der Waals surface area contributed by atoms with E-state index in [9.17, 15) is 14.4 Å². The summed E-state index contributed by atoms with van der Waals surface area (Å²) >= 11 is 0. The number of nitrogens with zero attached hydrogens (tertiary/aromatic N) is 1. The lowest BCUT2D eigenvalue weighted by Crippen LogP contribution is -2.33. The van der Waals surface area contributed by atoms with Gasteiger partial charge in [0.1, 0.15) is 0 Å². The number of hydrogen-bond donors (Lipinski definition) is 3. The van der Waals surface area contributed by atoms with E-state index in [2.05, 4.69) is 10.6 Å². The number of likely N-dealkylation sites (tertiary alicyclic amines) is 1. The van der Waals surface area contributed by atoms with Gasteiger partial charge >= 0.3 is 12.0 Å². The van der Waals surface area contributed by atoms with Crippen molar-refractivity contribution < 1.29 is 19.5 Å². The molecular weight excluding hydrogens is 274 g/mol. The Labute approximate surface area is 121 Å². The zero-order chi connectivity index (χ0) is 15.4. The lowest BCUT2D eigenvalue weighted by Gasteiger charge is -2.17. The lowest BCUT2D eigenvalue weighted by atomic mass is 10.1. The summed E-state index contributed by atoms with van der Waals surface area (Å²) in [7, 11) is 0. The highest BCUT2D eigenvalue weighted by molar-refractivity contribution is 5.92. The molecule has 1 unspecified atom stereocenters. The van der Waals surface area contributed by atoms with Crippen LogP contribution in [0.3, 0.4) is 0 Å². The molecule has 0 spiro atoms. The van der Waals surface area contributed by atoms with Gasteiger partial charge in [-0.15, -0.1) is 0 Å². The first kappa shape index (κ1) is 14.8. The number of rotatable bonds is 3. The van der Waals surface area contributed by atoms with Crippen LogP contribution in [0.4, 0.5) is 16.2 Å². The largest absolute Gasteiger partial charge is 0.481 e. The molecule has 7 heteroatoms. The molecule has 1 aliphatic rings. The van der Waals surface area contributed by atoms with E-state index in [1.54, 1.807) is 24.3 Å². The van der Waals surface area contributed by atoms with Gasteiger partial charge in [0, 0.05) is 31.4 Å². The molecule has 3 N–H and O–H groups in total. The standard InChI is InChI=1S/C14H17N3O4/c1-9(18)15-11-3-2-4-12(7-11)16-14(21)17-6-5-10(8-17)13(19)20/h2-4,7,10H,5-6,8H2,1H3,(H,15,18)(H,16,21)(H,19,20). The smallest absolute Gasteiger partial charge is 0.321 e. The van der Waals surface area contributed by atoms with Gasteiger partial charge in [0.2, 0.25) is 5.91 Å². The normalized spacial score (nSPS) is 17.4. The molecule has 3 amide bonds. The van der Waals surface area contributed by atoms with E-state index < -0.39 is 11.9 Å². The highest BCUT2D eigenvalue weighted by Crippen LogP contribution is 2.19. The van der Waals surface area contributed by atoms with Crippen LogP contribution in [-0.2, 0) is 9.59 Å². The fraction of sp³-hybridized carbons (Fsp3) is 0.357. The van der Waals surface area contributed by atoms with Crippen LogP contribution in [0, 0.1) is 5.92 Å². The molecule has 0 bridgehead atoms. The van der Waals surface area contributed by atoms with Gasteiger partial charge in [0.15, 0.2) is 0 Å². The van der Waals surface area contributed by atoms with E-state index in [1.165, 1.54) is 11.8 Å². The number of aliphatic carboxylic acids is 1. The molecule has 1 heterocycles. The number of anilines is 2. The summed E-state index contributed by atoms with van der Waals surface area (Å²) in [5.41, 5.74) is 1.13. The molecule has 1 aromatic carbocycles. The lowest BCUT2D eigenvalue weighted by molar-refractivity contribution is -0.141. The quantitative estimate of drug-likeness (QED) is 0.787. The predicted molar refractivity (Wildman–Crippen MR) is 77.1 cm³/mol.